The predicted molar refractivity (Wildman–Crippen MR) is 74.6 cm³/mol. The topological polar surface area (TPSA) is 58.6 Å². The average molecular weight is 316 g/mol. The van der Waals surface area contributed by atoms with E-state index >= 15 is 0 Å². The van der Waals surface area contributed by atoms with E-state index in [9.17, 15) is 9.90 Å². The Bertz CT molecular complexity index is 409. The number of phenols is 1. The highest BCUT2D eigenvalue weighted by Gasteiger charge is 2.14. The van der Waals surface area contributed by atoms with Gasteiger partial charge in [0.2, 0.25) is 0 Å². The highest BCUT2D eigenvalue weighted by molar-refractivity contribution is 9.09. The normalized spacial score (nSPS) is 11.9. The van der Waals surface area contributed by atoms with Gasteiger partial charge in [-0.3, -0.25) is 4.79 Å². The summed E-state index contributed by atoms with van der Waals surface area (Å²) >= 11 is 3.35. The molecule has 1 atom stereocenters. The molecule has 0 aliphatic rings. The van der Waals surface area contributed by atoms with Crippen LogP contribution in [0.4, 0.5) is 0 Å². The van der Waals surface area contributed by atoms with Crippen molar-refractivity contribution in [3.05, 3.63) is 23.8 Å². The Balaban J connectivity index is 2.71. The number of hydrogen-bond acceptors (Lipinski definition) is 3. The molecule has 0 radical (unpaired) electrons. The van der Waals surface area contributed by atoms with Gasteiger partial charge in [0.15, 0.2) is 0 Å². The second-order valence-electron chi connectivity index (χ2n) is 4.09. The summed E-state index contributed by atoms with van der Waals surface area (Å²) in [5, 5.41) is 13.4. The summed E-state index contributed by atoms with van der Waals surface area (Å²) in [4.78, 5) is 12.0. The number of halogens is 1. The first kappa shape index (κ1) is 14.8. The Hall–Kier alpha value is -1.23. The minimum absolute atomic E-state index is 0.0407. The van der Waals surface area contributed by atoms with Crippen molar-refractivity contribution in [1.82, 2.24) is 5.32 Å². The number of nitrogens with one attached hydrogen (secondary N) is 1. The Kier molecular flexibility index (Phi) is 5.98. The van der Waals surface area contributed by atoms with Crippen molar-refractivity contribution < 1.29 is 14.6 Å². The second-order valence-corrected chi connectivity index (χ2v) is 4.88. The number of carbonyl (C=O) groups excluding carboxylic acids is 1. The van der Waals surface area contributed by atoms with Crippen LogP contribution in [0, 0.1) is 0 Å². The fourth-order valence-corrected chi connectivity index (χ4v) is 1.90. The molecule has 1 aromatic rings. The van der Waals surface area contributed by atoms with Gasteiger partial charge in [0.1, 0.15) is 11.5 Å². The third-order valence-corrected chi connectivity index (χ3v) is 3.16. The van der Waals surface area contributed by atoms with E-state index in [0.29, 0.717) is 5.75 Å². The molecule has 0 saturated carbocycles. The Morgan fingerprint density at radius 1 is 1.56 bits per heavy atom. The maximum atomic E-state index is 12.0. The van der Waals surface area contributed by atoms with Crippen molar-refractivity contribution >= 4 is 21.8 Å². The molecule has 0 fully saturated rings. The van der Waals surface area contributed by atoms with Crippen LogP contribution in [0.2, 0.25) is 0 Å². The monoisotopic (exact) mass is 315 g/mol. The van der Waals surface area contributed by atoms with Gasteiger partial charge < -0.3 is 15.2 Å². The van der Waals surface area contributed by atoms with E-state index in [-0.39, 0.29) is 23.3 Å². The van der Waals surface area contributed by atoms with E-state index in [1.54, 1.807) is 6.07 Å². The summed E-state index contributed by atoms with van der Waals surface area (Å²) in [5.74, 6) is 0.223. The van der Waals surface area contributed by atoms with Crippen molar-refractivity contribution in [3.8, 4) is 11.5 Å². The van der Waals surface area contributed by atoms with Gasteiger partial charge in [-0.25, -0.2) is 0 Å². The van der Waals surface area contributed by atoms with Crippen LogP contribution in [0.3, 0.4) is 0 Å². The van der Waals surface area contributed by atoms with Crippen LogP contribution in [0.25, 0.3) is 0 Å². The van der Waals surface area contributed by atoms with Gasteiger partial charge in [0.05, 0.1) is 12.7 Å². The number of alkyl halides is 1. The zero-order valence-electron chi connectivity index (χ0n) is 10.6. The van der Waals surface area contributed by atoms with Gasteiger partial charge in [0, 0.05) is 11.4 Å². The van der Waals surface area contributed by atoms with Crippen LogP contribution in [-0.2, 0) is 0 Å². The van der Waals surface area contributed by atoms with E-state index in [1.165, 1.54) is 19.2 Å². The molecule has 0 aliphatic carbocycles. The highest BCUT2D eigenvalue weighted by atomic mass is 79.9. The minimum Gasteiger partial charge on any atom is -0.507 e. The summed E-state index contributed by atoms with van der Waals surface area (Å²) < 4.78 is 5.03. The quantitative estimate of drug-likeness (QED) is 0.793. The first-order valence-electron chi connectivity index (χ1n) is 5.82. The Morgan fingerprint density at radius 2 is 2.28 bits per heavy atom. The molecule has 5 heteroatoms. The Morgan fingerprint density at radius 3 is 2.89 bits per heavy atom. The van der Waals surface area contributed by atoms with Gasteiger partial charge in [0.25, 0.3) is 5.91 Å². The molecule has 18 heavy (non-hydrogen) atoms. The zero-order valence-corrected chi connectivity index (χ0v) is 12.2. The molecule has 0 bridgehead atoms. The van der Waals surface area contributed by atoms with Crippen LogP contribution in [0.1, 0.15) is 30.1 Å². The van der Waals surface area contributed by atoms with Crippen LogP contribution < -0.4 is 10.1 Å². The average Bonchev–Trinajstić information content (AvgIpc) is 2.36. The number of rotatable bonds is 6. The van der Waals surface area contributed by atoms with Gasteiger partial charge >= 0.3 is 0 Å². The van der Waals surface area contributed by atoms with Gasteiger partial charge in [-0.05, 0) is 38.0 Å². The fourth-order valence-electron chi connectivity index (χ4n) is 1.58. The molecule has 0 saturated heterocycles. The van der Waals surface area contributed by atoms with E-state index < -0.39 is 0 Å². The third-order valence-electron chi connectivity index (χ3n) is 2.60. The molecular weight excluding hydrogens is 298 g/mol. The summed E-state index contributed by atoms with van der Waals surface area (Å²) in [6.07, 6.45) is 1.88. The SMILES string of the molecule is COc1ccc(O)c(C(=O)NC(C)CCCBr)c1. The first-order valence-corrected chi connectivity index (χ1v) is 6.94. The molecule has 0 aliphatic heterocycles. The number of phenolic OH excluding ortho intramolecular Hbond substituents is 1. The maximum Gasteiger partial charge on any atom is 0.255 e. The largest absolute Gasteiger partial charge is 0.507 e. The van der Waals surface area contributed by atoms with Crippen molar-refractivity contribution in [2.45, 2.75) is 25.8 Å². The number of hydrogen-bond donors (Lipinski definition) is 2. The lowest BCUT2D eigenvalue weighted by molar-refractivity contribution is 0.0935. The molecule has 0 heterocycles. The van der Waals surface area contributed by atoms with Gasteiger partial charge in [-0.2, -0.15) is 0 Å². The second kappa shape index (κ2) is 7.26. The summed E-state index contributed by atoms with van der Waals surface area (Å²) in [6, 6.07) is 4.67. The van der Waals surface area contributed by atoms with E-state index in [2.05, 4.69) is 21.2 Å². The van der Waals surface area contributed by atoms with Crippen LogP contribution >= 0.6 is 15.9 Å². The number of ether oxygens (including phenoxy) is 1. The fraction of sp³-hybridized carbons (Fsp3) is 0.462. The molecule has 1 aromatic carbocycles. The number of aromatic hydroxyl groups is 1. The molecule has 4 nitrogen and oxygen atoms in total. The minimum atomic E-state index is -0.284. The number of carbonyl (C=O) groups is 1. The number of amides is 1. The molecule has 0 aromatic heterocycles. The number of methoxy groups -OCH3 is 1. The smallest absolute Gasteiger partial charge is 0.255 e. The van der Waals surface area contributed by atoms with Crippen LogP contribution in [-0.4, -0.2) is 29.5 Å². The highest BCUT2D eigenvalue weighted by Crippen LogP contribution is 2.22. The Labute approximate surface area is 115 Å². The van der Waals surface area contributed by atoms with Crippen molar-refractivity contribution in [2.24, 2.45) is 0 Å². The summed E-state index contributed by atoms with van der Waals surface area (Å²) in [5.41, 5.74) is 0.236. The molecule has 1 unspecified atom stereocenters. The lowest BCUT2D eigenvalue weighted by Gasteiger charge is -2.14. The molecular formula is C13H18BrNO3. The summed E-state index contributed by atoms with van der Waals surface area (Å²) in [6.45, 7) is 1.94. The van der Waals surface area contributed by atoms with Crippen LogP contribution in [0.5, 0.6) is 11.5 Å². The molecule has 1 amide bonds. The number of benzene rings is 1. The van der Waals surface area contributed by atoms with Crippen LogP contribution in [0.15, 0.2) is 18.2 Å². The predicted octanol–water partition coefficient (Wildman–Crippen LogP) is 2.69. The molecule has 0 spiro atoms. The van der Waals surface area contributed by atoms with E-state index in [1.807, 2.05) is 6.92 Å². The summed E-state index contributed by atoms with van der Waals surface area (Å²) in [7, 11) is 1.52. The zero-order chi connectivity index (χ0) is 13.5. The van der Waals surface area contributed by atoms with E-state index in [0.717, 1.165) is 18.2 Å². The molecule has 1 rings (SSSR count). The van der Waals surface area contributed by atoms with Gasteiger partial charge in [-0.15, -0.1) is 0 Å². The third kappa shape index (κ3) is 4.22. The van der Waals surface area contributed by atoms with Crippen molar-refractivity contribution in [1.29, 1.82) is 0 Å². The lowest BCUT2D eigenvalue weighted by atomic mass is 10.1. The van der Waals surface area contributed by atoms with E-state index in [4.69, 9.17) is 4.74 Å². The standard InChI is InChI=1S/C13H18BrNO3/c1-9(4-3-7-14)15-13(17)11-8-10(18-2)5-6-12(11)16/h5-6,8-9,16H,3-4,7H2,1-2H3,(H,15,17). The molecule has 100 valence electrons. The van der Waals surface area contributed by atoms with Crippen molar-refractivity contribution in [3.63, 3.8) is 0 Å². The lowest BCUT2D eigenvalue weighted by Crippen LogP contribution is -2.32. The van der Waals surface area contributed by atoms with Gasteiger partial charge in [-0.1, -0.05) is 15.9 Å². The molecule has 2 N–H and O–H groups in total. The maximum absolute atomic E-state index is 12.0. The van der Waals surface area contributed by atoms with Crippen molar-refractivity contribution in [2.75, 3.05) is 12.4 Å². The first-order chi connectivity index (χ1) is 8.58.